The Balaban J connectivity index is 0.00000676. The fraction of sp³-hybridized carbons (Fsp3) is 0.650. The molecular weight excluding hydrogens is 457 g/mol. The van der Waals surface area contributed by atoms with Crippen LogP contribution in [-0.4, -0.2) is 64.5 Å². The van der Waals surface area contributed by atoms with Crippen LogP contribution in [0.3, 0.4) is 0 Å². The number of nitrogens with one attached hydrogen (secondary N) is 1. The lowest BCUT2D eigenvalue weighted by molar-refractivity contribution is 0.0690. The largest absolute Gasteiger partial charge is 0.494 e. The van der Waals surface area contributed by atoms with Crippen LogP contribution >= 0.6 is 24.0 Å². The van der Waals surface area contributed by atoms with Crippen molar-refractivity contribution in [2.45, 2.75) is 33.2 Å². The molecule has 1 aromatic carbocycles. The predicted molar refractivity (Wildman–Crippen MR) is 122 cm³/mol. The third-order valence-corrected chi connectivity index (χ3v) is 3.74. The second-order valence-electron chi connectivity index (χ2n) is 5.98. The maximum absolute atomic E-state index is 5.49. The van der Waals surface area contributed by atoms with Crippen molar-refractivity contribution in [1.82, 2.24) is 10.2 Å². The molecule has 0 saturated heterocycles. The van der Waals surface area contributed by atoms with E-state index in [0.29, 0.717) is 19.8 Å². The second-order valence-corrected chi connectivity index (χ2v) is 5.98. The number of ether oxygens (including phenoxy) is 3. The first kappa shape index (κ1) is 25.9. The molecule has 0 aliphatic rings. The number of benzene rings is 1. The number of halogens is 1. The fourth-order valence-electron chi connectivity index (χ4n) is 2.42. The average Bonchev–Trinajstić information content (AvgIpc) is 2.64. The molecule has 0 saturated carbocycles. The predicted octanol–water partition coefficient (Wildman–Crippen LogP) is 3.54. The molecule has 1 N–H and O–H groups in total. The maximum Gasteiger partial charge on any atom is 0.193 e. The van der Waals surface area contributed by atoms with Crippen molar-refractivity contribution in [3.63, 3.8) is 0 Å². The lowest BCUT2D eigenvalue weighted by atomic mass is 10.2. The monoisotopic (exact) mass is 493 g/mol. The number of rotatable bonds is 13. The van der Waals surface area contributed by atoms with E-state index >= 15 is 0 Å². The van der Waals surface area contributed by atoms with Crippen molar-refractivity contribution >= 4 is 29.9 Å². The Morgan fingerprint density at radius 1 is 1.07 bits per heavy atom. The summed E-state index contributed by atoms with van der Waals surface area (Å²) in [6.45, 7) is 9.29. The molecular formula is C20H36IN3O3. The Morgan fingerprint density at radius 2 is 1.81 bits per heavy atom. The van der Waals surface area contributed by atoms with E-state index in [2.05, 4.69) is 36.3 Å². The zero-order chi connectivity index (χ0) is 19.0. The van der Waals surface area contributed by atoms with Crippen LogP contribution in [0, 0.1) is 0 Å². The summed E-state index contributed by atoms with van der Waals surface area (Å²) in [6, 6.07) is 8.23. The summed E-state index contributed by atoms with van der Waals surface area (Å²) in [7, 11) is 3.75. The molecule has 0 spiro atoms. The van der Waals surface area contributed by atoms with Gasteiger partial charge in [0.25, 0.3) is 0 Å². The molecule has 7 heteroatoms. The summed E-state index contributed by atoms with van der Waals surface area (Å²) < 4.78 is 15.9. The summed E-state index contributed by atoms with van der Waals surface area (Å²) >= 11 is 0. The van der Waals surface area contributed by atoms with Crippen molar-refractivity contribution in [3.8, 4) is 5.75 Å². The summed E-state index contributed by atoms with van der Waals surface area (Å²) in [5, 5.41) is 3.36. The van der Waals surface area contributed by atoms with E-state index in [4.69, 9.17) is 19.2 Å². The minimum Gasteiger partial charge on any atom is -0.494 e. The molecule has 0 amide bonds. The maximum atomic E-state index is 5.49. The molecule has 6 nitrogen and oxygen atoms in total. The molecule has 0 atom stereocenters. The Labute approximate surface area is 181 Å². The van der Waals surface area contributed by atoms with Crippen LogP contribution in [0.2, 0.25) is 0 Å². The van der Waals surface area contributed by atoms with Gasteiger partial charge in [0.15, 0.2) is 5.96 Å². The molecule has 156 valence electrons. The van der Waals surface area contributed by atoms with Gasteiger partial charge in [-0.25, -0.2) is 0 Å². The molecule has 0 radical (unpaired) electrons. The summed E-state index contributed by atoms with van der Waals surface area (Å²) in [4.78, 5) is 6.86. The Hall–Kier alpha value is -1.06. The molecule has 0 heterocycles. The van der Waals surface area contributed by atoms with Gasteiger partial charge in [0, 0.05) is 40.4 Å². The zero-order valence-corrected chi connectivity index (χ0v) is 19.5. The first-order chi connectivity index (χ1) is 12.7. The quantitative estimate of drug-likeness (QED) is 0.197. The van der Waals surface area contributed by atoms with Crippen LogP contribution in [0.15, 0.2) is 29.3 Å². The van der Waals surface area contributed by atoms with Crippen LogP contribution < -0.4 is 10.1 Å². The molecule has 0 aromatic heterocycles. The number of methoxy groups -OCH3 is 1. The highest BCUT2D eigenvalue weighted by atomic mass is 127. The standard InChI is InChI=1S/C20H35N3O3.HI/c1-5-21-20(22-13-7-8-14-25-16-15-24-4)23(3)17-18-9-11-19(12-10-18)26-6-2;/h9-12H,5-8,13-17H2,1-4H3,(H,21,22);1H. The van der Waals surface area contributed by atoms with Gasteiger partial charge >= 0.3 is 0 Å². The van der Waals surface area contributed by atoms with Crippen LogP contribution in [0.4, 0.5) is 0 Å². The molecule has 27 heavy (non-hydrogen) atoms. The average molecular weight is 493 g/mol. The summed E-state index contributed by atoms with van der Waals surface area (Å²) in [5.41, 5.74) is 1.23. The molecule has 0 unspecified atom stereocenters. The van der Waals surface area contributed by atoms with E-state index in [1.807, 2.05) is 19.1 Å². The van der Waals surface area contributed by atoms with Gasteiger partial charge in [-0.15, -0.1) is 24.0 Å². The van der Waals surface area contributed by atoms with E-state index in [1.54, 1.807) is 7.11 Å². The minimum absolute atomic E-state index is 0. The number of aliphatic imine (C=N–C) groups is 1. The fourth-order valence-corrected chi connectivity index (χ4v) is 2.42. The van der Waals surface area contributed by atoms with E-state index in [9.17, 15) is 0 Å². The lowest BCUT2D eigenvalue weighted by Gasteiger charge is -2.22. The van der Waals surface area contributed by atoms with Gasteiger partial charge in [0.1, 0.15) is 5.75 Å². The second kappa shape index (κ2) is 17.1. The molecule has 0 bridgehead atoms. The smallest absolute Gasteiger partial charge is 0.193 e. The number of hydrogen-bond acceptors (Lipinski definition) is 4. The van der Waals surface area contributed by atoms with Gasteiger partial charge < -0.3 is 24.4 Å². The Kier molecular flexibility index (Phi) is 16.4. The Bertz CT molecular complexity index is 498. The summed E-state index contributed by atoms with van der Waals surface area (Å²) in [6.07, 6.45) is 2.02. The third kappa shape index (κ3) is 12.1. The van der Waals surface area contributed by atoms with Gasteiger partial charge in [-0.3, -0.25) is 4.99 Å². The highest BCUT2D eigenvalue weighted by molar-refractivity contribution is 14.0. The normalized spacial score (nSPS) is 11.0. The minimum atomic E-state index is 0. The first-order valence-electron chi connectivity index (χ1n) is 9.49. The molecule has 1 rings (SSSR count). The number of guanidine groups is 1. The van der Waals surface area contributed by atoms with Gasteiger partial charge in [-0.2, -0.15) is 0 Å². The van der Waals surface area contributed by atoms with Crippen molar-refractivity contribution in [1.29, 1.82) is 0 Å². The van der Waals surface area contributed by atoms with E-state index in [-0.39, 0.29) is 24.0 Å². The van der Waals surface area contributed by atoms with E-state index < -0.39 is 0 Å². The number of nitrogens with zero attached hydrogens (tertiary/aromatic N) is 2. The van der Waals surface area contributed by atoms with Crippen LogP contribution in [0.25, 0.3) is 0 Å². The van der Waals surface area contributed by atoms with Gasteiger partial charge in [0.2, 0.25) is 0 Å². The van der Waals surface area contributed by atoms with Crippen LogP contribution in [0.5, 0.6) is 5.75 Å². The van der Waals surface area contributed by atoms with Crippen LogP contribution in [-0.2, 0) is 16.0 Å². The third-order valence-electron chi connectivity index (χ3n) is 3.74. The SMILES string of the molecule is CCNC(=NCCCCOCCOC)N(C)Cc1ccc(OCC)cc1.I. The van der Waals surface area contributed by atoms with Crippen molar-refractivity contribution in [3.05, 3.63) is 29.8 Å². The first-order valence-corrected chi connectivity index (χ1v) is 9.49. The van der Waals surface area contributed by atoms with Crippen molar-refractivity contribution in [2.75, 3.05) is 53.7 Å². The van der Waals surface area contributed by atoms with Gasteiger partial charge in [-0.1, -0.05) is 12.1 Å². The van der Waals surface area contributed by atoms with E-state index in [1.165, 1.54) is 5.56 Å². The van der Waals surface area contributed by atoms with Crippen molar-refractivity contribution in [2.24, 2.45) is 4.99 Å². The van der Waals surface area contributed by atoms with Gasteiger partial charge in [-0.05, 0) is 44.4 Å². The van der Waals surface area contributed by atoms with E-state index in [0.717, 1.165) is 50.8 Å². The number of hydrogen-bond donors (Lipinski definition) is 1. The van der Waals surface area contributed by atoms with Crippen LogP contribution in [0.1, 0.15) is 32.3 Å². The van der Waals surface area contributed by atoms with Gasteiger partial charge in [0.05, 0.1) is 19.8 Å². The van der Waals surface area contributed by atoms with Crippen molar-refractivity contribution < 1.29 is 14.2 Å². The number of unbranched alkanes of at least 4 members (excludes halogenated alkanes) is 1. The molecule has 0 aliphatic carbocycles. The summed E-state index contributed by atoms with van der Waals surface area (Å²) in [5.74, 6) is 1.84. The zero-order valence-electron chi connectivity index (χ0n) is 17.2. The highest BCUT2D eigenvalue weighted by Crippen LogP contribution is 2.13. The molecule has 0 aliphatic heterocycles. The molecule has 1 aromatic rings. The Morgan fingerprint density at radius 3 is 2.44 bits per heavy atom. The molecule has 0 fully saturated rings. The highest BCUT2D eigenvalue weighted by Gasteiger charge is 2.06. The topological polar surface area (TPSA) is 55.3 Å². The lowest BCUT2D eigenvalue weighted by Crippen LogP contribution is -2.38.